The molecule has 2 aliphatic rings. The highest BCUT2D eigenvalue weighted by Crippen LogP contribution is 2.38. The van der Waals surface area contributed by atoms with Gasteiger partial charge in [0, 0.05) is 23.6 Å². The Morgan fingerprint density at radius 1 is 1.52 bits per heavy atom. The summed E-state index contributed by atoms with van der Waals surface area (Å²) in [5, 5.41) is -0.597. The van der Waals surface area contributed by atoms with Crippen molar-refractivity contribution in [1.82, 2.24) is 0 Å². The minimum atomic E-state index is -3.59. The molecule has 0 aliphatic heterocycles. The van der Waals surface area contributed by atoms with E-state index < -0.39 is 26.3 Å². The molecule has 0 saturated heterocycles. The summed E-state index contributed by atoms with van der Waals surface area (Å²) in [5.74, 6) is -0.336. The Morgan fingerprint density at radius 2 is 2.30 bits per heavy atom. The molecule has 0 amide bonds. The minimum absolute atomic E-state index is 0.0970. The van der Waals surface area contributed by atoms with Crippen LogP contribution in [-0.4, -0.2) is 34.0 Å². The van der Waals surface area contributed by atoms with E-state index in [2.05, 4.69) is 9.84 Å². The van der Waals surface area contributed by atoms with Crippen LogP contribution >= 0.6 is 22.9 Å². The lowest BCUT2D eigenvalue weighted by atomic mass is 10.00. The van der Waals surface area contributed by atoms with Gasteiger partial charge in [0.1, 0.15) is 10.1 Å². The van der Waals surface area contributed by atoms with Crippen LogP contribution in [0.15, 0.2) is 14.1 Å². The molecule has 2 aliphatic carbocycles. The first kappa shape index (κ1) is 21.2. The summed E-state index contributed by atoms with van der Waals surface area (Å²) in [5.41, 5.74) is 1.90. The van der Waals surface area contributed by atoms with E-state index >= 15 is 0 Å². The van der Waals surface area contributed by atoms with Gasteiger partial charge in [-0.05, 0) is 59.1 Å². The fraction of sp³-hybridized carbons (Fsp3) is 0.611. The van der Waals surface area contributed by atoms with E-state index in [-0.39, 0.29) is 11.3 Å². The SMILES string of the molecule is CCOC(=O)c1sc(/S(C)=N/[S+](=O)([O-])C2CCCC(Cl)C2)c2c1CCC=C2. The zero-order chi connectivity index (χ0) is 19.6. The van der Waals surface area contributed by atoms with E-state index in [1.54, 1.807) is 6.92 Å². The third-order valence-electron chi connectivity index (χ3n) is 4.79. The summed E-state index contributed by atoms with van der Waals surface area (Å²) in [6.45, 7) is 2.09. The van der Waals surface area contributed by atoms with Crippen LogP contribution in [0.2, 0.25) is 0 Å². The molecule has 0 N–H and O–H groups in total. The second-order valence-electron chi connectivity index (χ2n) is 6.73. The molecule has 3 rings (SSSR count). The van der Waals surface area contributed by atoms with Crippen molar-refractivity contribution in [3.05, 3.63) is 22.1 Å². The Morgan fingerprint density at radius 3 is 3.00 bits per heavy atom. The predicted molar refractivity (Wildman–Crippen MR) is 112 cm³/mol. The maximum atomic E-state index is 12.8. The van der Waals surface area contributed by atoms with Crippen molar-refractivity contribution in [3.63, 3.8) is 0 Å². The Balaban J connectivity index is 1.95. The number of carbonyl (C=O) groups is 1. The van der Waals surface area contributed by atoms with E-state index in [9.17, 15) is 13.6 Å². The molecule has 1 heterocycles. The number of halogens is 1. The zero-order valence-corrected chi connectivity index (χ0v) is 18.6. The van der Waals surface area contributed by atoms with Crippen molar-refractivity contribution in [2.24, 2.45) is 3.77 Å². The Kier molecular flexibility index (Phi) is 6.95. The monoisotopic (exact) mass is 449 g/mol. The number of esters is 1. The molecule has 0 bridgehead atoms. The van der Waals surface area contributed by atoms with Gasteiger partial charge in [-0.25, -0.2) is 4.79 Å². The first-order chi connectivity index (χ1) is 12.8. The van der Waals surface area contributed by atoms with E-state index in [0.29, 0.717) is 24.3 Å². The summed E-state index contributed by atoms with van der Waals surface area (Å²) in [7, 11) is -4.44. The molecule has 9 heteroatoms. The van der Waals surface area contributed by atoms with Gasteiger partial charge in [0.25, 0.3) is 0 Å². The third-order valence-corrected chi connectivity index (χ3v) is 10.9. The number of sulfonamides is 1. The number of allylic oxidation sites excluding steroid dienone is 1. The van der Waals surface area contributed by atoms with Crippen molar-refractivity contribution in [2.75, 3.05) is 12.9 Å². The predicted octanol–water partition coefficient (Wildman–Crippen LogP) is 4.77. The number of fused-ring (bicyclic) bond motifs is 1. The first-order valence-electron chi connectivity index (χ1n) is 9.09. The Hall–Kier alpha value is -0.540. The number of carbonyl (C=O) groups excluding carboxylic acids is 1. The van der Waals surface area contributed by atoms with Crippen LogP contribution in [-0.2, 0) is 36.5 Å². The highest BCUT2D eigenvalue weighted by atomic mass is 35.5. The van der Waals surface area contributed by atoms with Gasteiger partial charge in [-0.1, -0.05) is 16.4 Å². The van der Waals surface area contributed by atoms with Crippen molar-refractivity contribution >= 4 is 56.1 Å². The van der Waals surface area contributed by atoms with Crippen LogP contribution in [0, 0.1) is 0 Å². The van der Waals surface area contributed by atoms with Gasteiger partial charge in [0.15, 0.2) is 10.4 Å². The van der Waals surface area contributed by atoms with Gasteiger partial charge in [0.05, 0.1) is 10.8 Å². The standard InChI is InChI=1S/C18H24ClNO4S3/c1-3-24-17(21)16-14-9-4-5-10-15(14)18(25-16)26(2)20-27(22,23)13-8-6-7-12(19)11-13/h5,10,12-13H,3-4,6-9,11H2,1-2H3. The smallest absolute Gasteiger partial charge is 0.348 e. The Bertz CT molecular complexity index is 833. The maximum absolute atomic E-state index is 12.8. The van der Waals surface area contributed by atoms with Gasteiger partial charge < -0.3 is 9.29 Å². The molecule has 0 radical (unpaired) electrons. The number of alkyl halides is 1. The summed E-state index contributed by atoms with van der Waals surface area (Å²) >= 11 is 7.49. The Labute approximate surface area is 173 Å². The molecule has 5 nitrogen and oxygen atoms in total. The van der Waals surface area contributed by atoms with E-state index in [1.807, 2.05) is 12.3 Å². The summed E-state index contributed by atoms with van der Waals surface area (Å²) in [6, 6.07) is 0. The fourth-order valence-corrected chi connectivity index (χ4v) is 9.39. The summed E-state index contributed by atoms with van der Waals surface area (Å²) in [4.78, 5) is 12.9. The van der Waals surface area contributed by atoms with Gasteiger partial charge >= 0.3 is 5.97 Å². The molecular formula is C18H24ClNO4S3. The van der Waals surface area contributed by atoms with Crippen molar-refractivity contribution in [1.29, 1.82) is 0 Å². The first-order valence-corrected chi connectivity index (χ1v) is 13.4. The van der Waals surface area contributed by atoms with Crippen LogP contribution in [0.4, 0.5) is 0 Å². The highest BCUT2D eigenvalue weighted by molar-refractivity contribution is 8.04. The lowest BCUT2D eigenvalue weighted by Gasteiger charge is -2.26. The van der Waals surface area contributed by atoms with Crippen LogP contribution in [0.5, 0.6) is 0 Å². The van der Waals surface area contributed by atoms with Crippen LogP contribution in [0.25, 0.3) is 6.08 Å². The summed E-state index contributed by atoms with van der Waals surface area (Å²) < 4.78 is 35.9. The molecule has 0 spiro atoms. The number of ether oxygens (including phenoxy) is 1. The van der Waals surface area contributed by atoms with E-state index in [4.69, 9.17) is 16.3 Å². The van der Waals surface area contributed by atoms with Gasteiger partial charge in [0.2, 0.25) is 0 Å². The molecule has 1 aromatic heterocycles. The number of hydrogen-bond acceptors (Lipinski definition) is 5. The largest absolute Gasteiger partial charge is 0.591 e. The minimum Gasteiger partial charge on any atom is -0.591 e. The number of rotatable bonds is 5. The number of hydrogen-bond donors (Lipinski definition) is 0. The van der Waals surface area contributed by atoms with Crippen LogP contribution in [0.1, 0.15) is 59.8 Å². The molecule has 4 unspecified atom stereocenters. The molecule has 0 aromatic carbocycles. The normalized spacial score (nSPS) is 25.6. The average molecular weight is 450 g/mol. The molecule has 1 aromatic rings. The van der Waals surface area contributed by atoms with Gasteiger partial charge in [-0.15, -0.1) is 22.9 Å². The van der Waals surface area contributed by atoms with Crippen LogP contribution in [0.3, 0.4) is 0 Å². The number of thiophene rings is 1. The van der Waals surface area contributed by atoms with E-state index in [1.165, 1.54) is 11.3 Å². The van der Waals surface area contributed by atoms with Crippen LogP contribution < -0.4 is 0 Å². The second-order valence-corrected chi connectivity index (χ2v) is 12.3. The molecular weight excluding hydrogens is 426 g/mol. The van der Waals surface area contributed by atoms with Crippen molar-refractivity contribution < 1.29 is 18.3 Å². The third kappa shape index (κ3) is 4.72. The quantitative estimate of drug-likeness (QED) is 0.368. The van der Waals surface area contributed by atoms with Gasteiger partial charge in [-0.2, -0.15) is 0 Å². The fourth-order valence-electron chi connectivity index (χ4n) is 3.49. The van der Waals surface area contributed by atoms with Crippen molar-refractivity contribution in [2.45, 2.75) is 60.3 Å². The topological polar surface area (TPSA) is 78.8 Å². The molecule has 1 saturated carbocycles. The molecule has 150 valence electrons. The van der Waals surface area contributed by atoms with E-state index in [0.717, 1.165) is 41.0 Å². The molecule has 4 atom stereocenters. The summed E-state index contributed by atoms with van der Waals surface area (Å²) in [6.07, 6.45) is 10.2. The maximum Gasteiger partial charge on any atom is 0.348 e. The zero-order valence-electron chi connectivity index (χ0n) is 15.4. The average Bonchev–Trinajstić information content (AvgIpc) is 3.01. The second kappa shape index (κ2) is 8.86. The van der Waals surface area contributed by atoms with Gasteiger partial charge in [-0.3, -0.25) is 0 Å². The molecule has 1 fully saturated rings. The lowest BCUT2D eigenvalue weighted by molar-refractivity contribution is 0.0531. The van der Waals surface area contributed by atoms with Crippen molar-refractivity contribution in [3.8, 4) is 0 Å². The number of nitrogens with zero attached hydrogens (tertiary/aromatic N) is 1. The lowest BCUT2D eigenvalue weighted by Crippen LogP contribution is -2.31. The molecule has 27 heavy (non-hydrogen) atoms. The highest BCUT2D eigenvalue weighted by Gasteiger charge is 2.36.